The van der Waals surface area contributed by atoms with Crippen LogP contribution in [0, 0.1) is 13.8 Å². The highest BCUT2D eigenvalue weighted by Gasteiger charge is 2.27. The third-order valence-electron chi connectivity index (χ3n) is 5.92. The summed E-state index contributed by atoms with van der Waals surface area (Å²) in [6.45, 7) is 7.55. The van der Waals surface area contributed by atoms with Gasteiger partial charge in [0.15, 0.2) is 5.69 Å². The smallest absolute Gasteiger partial charge is 0.276 e. The van der Waals surface area contributed by atoms with E-state index in [1.165, 1.54) is 11.1 Å². The number of carbonyl (C=O) groups is 1. The molecule has 0 bridgehead atoms. The van der Waals surface area contributed by atoms with Gasteiger partial charge in [-0.05, 0) is 63.0 Å². The van der Waals surface area contributed by atoms with E-state index in [1.807, 2.05) is 21.8 Å². The molecular weight excluding hydrogens is 354 g/mol. The molecule has 2 fully saturated rings. The van der Waals surface area contributed by atoms with Crippen LogP contribution in [-0.4, -0.2) is 58.1 Å². The zero-order valence-corrected chi connectivity index (χ0v) is 16.7. The van der Waals surface area contributed by atoms with Crippen molar-refractivity contribution < 1.29 is 9.53 Å². The number of hydrogen-bond donors (Lipinski definition) is 1. The Morgan fingerprint density at radius 2 is 1.86 bits per heavy atom. The van der Waals surface area contributed by atoms with Crippen LogP contribution in [0.5, 0.6) is 5.75 Å². The van der Waals surface area contributed by atoms with Crippen LogP contribution in [-0.2, 0) is 0 Å². The average molecular weight is 383 g/mol. The molecule has 0 aliphatic carbocycles. The Bertz CT molecular complexity index is 820. The maximum absolute atomic E-state index is 12.8. The second-order valence-corrected chi connectivity index (χ2v) is 7.92. The Balaban J connectivity index is 1.31. The van der Waals surface area contributed by atoms with Gasteiger partial charge in [-0.1, -0.05) is 11.3 Å². The lowest BCUT2D eigenvalue weighted by Gasteiger charge is -2.31. The highest BCUT2D eigenvalue weighted by Crippen LogP contribution is 2.23. The van der Waals surface area contributed by atoms with E-state index in [0.29, 0.717) is 24.8 Å². The van der Waals surface area contributed by atoms with Gasteiger partial charge in [-0.15, -0.1) is 5.10 Å². The minimum absolute atomic E-state index is 0.0233. The summed E-state index contributed by atoms with van der Waals surface area (Å²) in [7, 11) is 0. The van der Waals surface area contributed by atoms with Crippen molar-refractivity contribution >= 4 is 5.91 Å². The number of benzene rings is 1. The first-order valence-corrected chi connectivity index (χ1v) is 10.3. The number of aromatic nitrogens is 3. The van der Waals surface area contributed by atoms with E-state index in [1.54, 1.807) is 0 Å². The molecule has 28 heavy (non-hydrogen) atoms. The van der Waals surface area contributed by atoms with Crippen molar-refractivity contribution in [2.75, 3.05) is 26.2 Å². The highest BCUT2D eigenvalue weighted by molar-refractivity contribution is 5.92. The van der Waals surface area contributed by atoms with E-state index in [4.69, 9.17) is 4.74 Å². The molecule has 1 aromatic heterocycles. The quantitative estimate of drug-likeness (QED) is 0.878. The van der Waals surface area contributed by atoms with Gasteiger partial charge >= 0.3 is 0 Å². The zero-order chi connectivity index (χ0) is 19.5. The largest absolute Gasteiger partial charge is 0.490 e. The van der Waals surface area contributed by atoms with Crippen molar-refractivity contribution in [1.82, 2.24) is 25.2 Å². The van der Waals surface area contributed by atoms with Gasteiger partial charge in [0.05, 0.1) is 12.2 Å². The van der Waals surface area contributed by atoms with Crippen LogP contribution in [0.15, 0.2) is 24.4 Å². The molecule has 0 saturated carbocycles. The number of piperidine rings is 2. The molecule has 4 rings (SSSR count). The normalized spacial score (nSPS) is 19.0. The fourth-order valence-corrected chi connectivity index (χ4v) is 3.94. The molecule has 2 saturated heterocycles. The molecule has 150 valence electrons. The zero-order valence-electron chi connectivity index (χ0n) is 16.7. The van der Waals surface area contributed by atoms with Crippen LogP contribution in [0.4, 0.5) is 0 Å². The molecule has 2 aliphatic rings. The Labute approximate surface area is 166 Å². The molecule has 2 aromatic rings. The van der Waals surface area contributed by atoms with E-state index >= 15 is 0 Å². The third-order valence-corrected chi connectivity index (χ3v) is 5.92. The van der Waals surface area contributed by atoms with Crippen LogP contribution >= 0.6 is 0 Å². The molecule has 7 nitrogen and oxygen atoms in total. The van der Waals surface area contributed by atoms with Crippen molar-refractivity contribution in [1.29, 1.82) is 0 Å². The Morgan fingerprint density at radius 3 is 2.57 bits per heavy atom. The molecule has 0 atom stereocenters. The fourth-order valence-electron chi connectivity index (χ4n) is 3.94. The molecule has 0 unspecified atom stereocenters. The number of hydrogen-bond acceptors (Lipinski definition) is 5. The summed E-state index contributed by atoms with van der Waals surface area (Å²) in [6.07, 6.45) is 5.69. The molecule has 7 heteroatoms. The first-order chi connectivity index (χ1) is 13.6. The van der Waals surface area contributed by atoms with E-state index in [-0.39, 0.29) is 12.0 Å². The number of amides is 1. The van der Waals surface area contributed by atoms with E-state index in [2.05, 4.69) is 41.6 Å². The first-order valence-electron chi connectivity index (χ1n) is 10.3. The molecule has 0 spiro atoms. The van der Waals surface area contributed by atoms with E-state index < -0.39 is 0 Å². The fraction of sp³-hybridized carbons (Fsp3) is 0.571. The highest BCUT2D eigenvalue weighted by atomic mass is 16.5. The first kappa shape index (κ1) is 18.9. The Morgan fingerprint density at radius 1 is 1.11 bits per heavy atom. The number of carbonyl (C=O) groups excluding carboxylic acids is 1. The molecule has 1 aromatic carbocycles. The monoisotopic (exact) mass is 383 g/mol. The van der Waals surface area contributed by atoms with E-state index in [9.17, 15) is 4.79 Å². The van der Waals surface area contributed by atoms with Gasteiger partial charge in [0.1, 0.15) is 11.9 Å². The predicted molar refractivity (Wildman–Crippen MR) is 107 cm³/mol. The van der Waals surface area contributed by atoms with Crippen LogP contribution in [0.3, 0.4) is 0 Å². The summed E-state index contributed by atoms with van der Waals surface area (Å²) >= 11 is 0. The summed E-state index contributed by atoms with van der Waals surface area (Å²) in [5.74, 6) is 0.891. The molecule has 3 heterocycles. The minimum atomic E-state index is -0.0233. The maximum Gasteiger partial charge on any atom is 0.276 e. The summed E-state index contributed by atoms with van der Waals surface area (Å²) in [5.41, 5.74) is 2.96. The van der Waals surface area contributed by atoms with Crippen molar-refractivity contribution in [3.63, 3.8) is 0 Å². The van der Waals surface area contributed by atoms with Crippen molar-refractivity contribution in [3.05, 3.63) is 41.2 Å². The standard InChI is InChI=1S/C21H29N5O2/c1-15-3-4-19(13-16(15)2)28-18-7-11-25(12-8-18)21(27)20-14-26(24-23-20)17-5-9-22-10-6-17/h3-4,13-14,17-18,22H,5-12H2,1-2H3. The predicted octanol–water partition coefficient (Wildman–Crippen LogP) is 2.50. The van der Waals surface area contributed by atoms with Crippen LogP contribution in [0.25, 0.3) is 0 Å². The molecule has 1 amide bonds. The van der Waals surface area contributed by atoms with E-state index in [0.717, 1.165) is 44.5 Å². The average Bonchev–Trinajstić information content (AvgIpc) is 3.22. The van der Waals surface area contributed by atoms with Gasteiger partial charge in [0, 0.05) is 25.9 Å². The van der Waals surface area contributed by atoms with Crippen LogP contribution < -0.4 is 10.1 Å². The second-order valence-electron chi connectivity index (χ2n) is 7.92. The number of ether oxygens (including phenoxy) is 1. The molecular formula is C21H29N5O2. The van der Waals surface area contributed by atoms with Gasteiger partial charge in [-0.25, -0.2) is 4.68 Å². The third kappa shape index (κ3) is 4.19. The molecule has 2 aliphatic heterocycles. The summed E-state index contributed by atoms with van der Waals surface area (Å²) in [6, 6.07) is 6.55. The van der Waals surface area contributed by atoms with Gasteiger partial charge in [0.2, 0.25) is 0 Å². The van der Waals surface area contributed by atoms with Gasteiger partial charge < -0.3 is 15.0 Å². The van der Waals surface area contributed by atoms with Gasteiger partial charge in [-0.3, -0.25) is 4.79 Å². The lowest BCUT2D eigenvalue weighted by atomic mass is 10.1. The lowest BCUT2D eigenvalue weighted by Crippen LogP contribution is -2.42. The molecule has 1 N–H and O–H groups in total. The van der Waals surface area contributed by atoms with Crippen LogP contribution in [0.2, 0.25) is 0 Å². The number of rotatable bonds is 4. The van der Waals surface area contributed by atoms with Gasteiger partial charge in [-0.2, -0.15) is 0 Å². The Hall–Kier alpha value is -2.41. The summed E-state index contributed by atoms with van der Waals surface area (Å²) in [5, 5.41) is 11.7. The number of nitrogens with zero attached hydrogens (tertiary/aromatic N) is 4. The number of likely N-dealkylation sites (tertiary alicyclic amines) is 1. The van der Waals surface area contributed by atoms with Crippen molar-refractivity contribution in [3.8, 4) is 5.75 Å². The van der Waals surface area contributed by atoms with Crippen molar-refractivity contribution in [2.45, 2.75) is 51.7 Å². The van der Waals surface area contributed by atoms with Crippen molar-refractivity contribution in [2.24, 2.45) is 0 Å². The topological polar surface area (TPSA) is 72.3 Å². The SMILES string of the molecule is Cc1ccc(OC2CCN(C(=O)c3cn(C4CCNCC4)nn3)CC2)cc1C. The van der Waals surface area contributed by atoms with Gasteiger partial charge in [0.25, 0.3) is 5.91 Å². The lowest BCUT2D eigenvalue weighted by molar-refractivity contribution is 0.0590. The summed E-state index contributed by atoms with van der Waals surface area (Å²) in [4.78, 5) is 14.7. The maximum atomic E-state index is 12.8. The summed E-state index contributed by atoms with van der Waals surface area (Å²) < 4.78 is 8.00. The van der Waals surface area contributed by atoms with Crippen LogP contribution in [0.1, 0.15) is 53.3 Å². The number of nitrogens with one attached hydrogen (secondary N) is 1. The molecule has 0 radical (unpaired) electrons. The minimum Gasteiger partial charge on any atom is -0.490 e. The Kier molecular flexibility index (Phi) is 5.62. The second kappa shape index (κ2) is 8.31. The number of aryl methyl sites for hydroxylation is 2.